The first kappa shape index (κ1) is 11.2. The first-order valence-electron chi connectivity index (χ1n) is 5.39. The van der Waals surface area contributed by atoms with Crippen LogP contribution in [0.5, 0.6) is 0 Å². The fourth-order valence-electron chi connectivity index (χ4n) is 1.20. The summed E-state index contributed by atoms with van der Waals surface area (Å²) in [4.78, 5) is 4.30. The van der Waals surface area contributed by atoms with Crippen LogP contribution in [0, 0.1) is 0 Å². The molecule has 0 unspecified atom stereocenters. The summed E-state index contributed by atoms with van der Waals surface area (Å²) in [5.74, 6) is 1.59. The minimum atomic E-state index is 0.747. The van der Waals surface area contributed by atoms with E-state index in [0.29, 0.717) is 0 Å². The van der Waals surface area contributed by atoms with Crippen LogP contribution < -0.4 is 5.32 Å². The standard InChI is InChI=1S/C10H19N3O/c1-3-5-6-9-12-10(14-13-9)7-8-11-4-2/h11H,3-8H2,1-2H3. The minimum Gasteiger partial charge on any atom is -0.339 e. The van der Waals surface area contributed by atoms with Crippen molar-refractivity contribution in [3.8, 4) is 0 Å². The minimum absolute atomic E-state index is 0.747. The third-order valence-corrected chi connectivity index (χ3v) is 2.03. The molecular weight excluding hydrogens is 178 g/mol. The van der Waals surface area contributed by atoms with Gasteiger partial charge in [-0.05, 0) is 13.0 Å². The third kappa shape index (κ3) is 3.87. The molecule has 0 saturated heterocycles. The zero-order valence-electron chi connectivity index (χ0n) is 9.05. The van der Waals surface area contributed by atoms with Gasteiger partial charge in [0.1, 0.15) is 0 Å². The number of hydrogen-bond donors (Lipinski definition) is 1. The van der Waals surface area contributed by atoms with Crippen LogP contribution in [-0.2, 0) is 12.8 Å². The highest BCUT2D eigenvalue weighted by atomic mass is 16.5. The number of hydrogen-bond acceptors (Lipinski definition) is 4. The lowest BCUT2D eigenvalue weighted by Crippen LogP contribution is -2.16. The van der Waals surface area contributed by atoms with E-state index in [1.54, 1.807) is 0 Å². The third-order valence-electron chi connectivity index (χ3n) is 2.03. The molecule has 0 bridgehead atoms. The Balaban J connectivity index is 2.27. The fourth-order valence-corrected chi connectivity index (χ4v) is 1.20. The van der Waals surface area contributed by atoms with E-state index in [0.717, 1.165) is 44.1 Å². The van der Waals surface area contributed by atoms with E-state index in [-0.39, 0.29) is 0 Å². The van der Waals surface area contributed by atoms with Crippen LogP contribution >= 0.6 is 0 Å². The van der Waals surface area contributed by atoms with E-state index in [2.05, 4.69) is 29.3 Å². The van der Waals surface area contributed by atoms with Gasteiger partial charge in [-0.3, -0.25) is 0 Å². The van der Waals surface area contributed by atoms with Crippen LogP contribution in [0.1, 0.15) is 38.4 Å². The van der Waals surface area contributed by atoms with Gasteiger partial charge in [-0.25, -0.2) is 0 Å². The van der Waals surface area contributed by atoms with Gasteiger partial charge in [-0.2, -0.15) is 4.98 Å². The molecule has 1 aromatic heterocycles. The molecule has 14 heavy (non-hydrogen) atoms. The molecule has 0 spiro atoms. The maximum atomic E-state index is 5.11. The summed E-state index contributed by atoms with van der Waals surface area (Å²) >= 11 is 0. The lowest BCUT2D eigenvalue weighted by molar-refractivity contribution is 0.370. The van der Waals surface area contributed by atoms with Gasteiger partial charge in [0.05, 0.1) is 0 Å². The first-order chi connectivity index (χ1) is 6.86. The molecule has 0 aliphatic heterocycles. The molecule has 1 heterocycles. The van der Waals surface area contributed by atoms with Crippen LogP contribution in [0.15, 0.2) is 4.52 Å². The maximum Gasteiger partial charge on any atom is 0.227 e. The molecule has 1 rings (SSSR count). The summed E-state index contributed by atoms with van der Waals surface area (Å²) in [6.07, 6.45) is 4.06. The largest absolute Gasteiger partial charge is 0.339 e. The number of nitrogens with zero attached hydrogens (tertiary/aromatic N) is 2. The molecule has 4 nitrogen and oxygen atoms in total. The van der Waals surface area contributed by atoms with Crippen molar-refractivity contribution in [3.05, 3.63) is 11.7 Å². The molecular formula is C10H19N3O. The monoisotopic (exact) mass is 197 g/mol. The van der Waals surface area contributed by atoms with Crippen molar-refractivity contribution < 1.29 is 4.52 Å². The fraction of sp³-hybridized carbons (Fsp3) is 0.800. The second-order valence-corrected chi connectivity index (χ2v) is 3.31. The summed E-state index contributed by atoms with van der Waals surface area (Å²) in [7, 11) is 0. The van der Waals surface area contributed by atoms with E-state index in [9.17, 15) is 0 Å². The van der Waals surface area contributed by atoms with Crippen molar-refractivity contribution >= 4 is 0 Å². The number of aromatic nitrogens is 2. The second kappa shape index (κ2) is 6.54. The normalized spacial score (nSPS) is 10.7. The molecule has 1 N–H and O–H groups in total. The average molecular weight is 197 g/mol. The van der Waals surface area contributed by atoms with Gasteiger partial charge in [0.25, 0.3) is 0 Å². The van der Waals surface area contributed by atoms with Gasteiger partial charge in [0.15, 0.2) is 5.82 Å². The van der Waals surface area contributed by atoms with Crippen LogP contribution in [0.2, 0.25) is 0 Å². The Kier molecular flexibility index (Phi) is 5.22. The highest BCUT2D eigenvalue weighted by Crippen LogP contribution is 2.02. The Morgan fingerprint density at radius 3 is 2.86 bits per heavy atom. The Hall–Kier alpha value is -0.900. The number of nitrogens with one attached hydrogen (secondary N) is 1. The number of likely N-dealkylation sites (N-methyl/N-ethyl adjacent to an activating group) is 1. The zero-order valence-corrected chi connectivity index (χ0v) is 9.05. The molecule has 0 aliphatic carbocycles. The molecule has 0 radical (unpaired) electrons. The highest BCUT2D eigenvalue weighted by Gasteiger charge is 2.04. The topological polar surface area (TPSA) is 51.0 Å². The van der Waals surface area contributed by atoms with Gasteiger partial charge in [-0.15, -0.1) is 0 Å². The van der Waals surface area contributed by atoms with Crippen molar-refractivity contribution in [1.29, 1.82) is 0 Å². The molecule has 0 saturated carbocycles. The predicted molar refractivity (Wildman–Crippen MR) is 55.2 cm³/mol. The summed E-state index contributed by atoms with van der Waals surface area (Å²) in [6, 6.07) is 0. The van der Waals surface area contributed by atoms with E-state index in [1.165, 1.54) is 6.42 Å². The SMILES string of the molecule is CCCCc1noc(CCNCC)n1. The van der Waals surface area contributed by atoms with Crippen LogP contribution in [0.4, 0.5) is 0 Å². The second-order valence-electron chi connectivity index (χ2n) is 3.31. The van der Waals surface area contributed by atoms with Gasteiger partial charge < -0.3 is 9.84 Å². The molecule has 0 atom stereocenters. The Labute approximate surface area is 85.1 Å². The van der Waals surface area contributed by atoms with Crippen molar-refractivity contribution in [2.45, 2.75) is 39.5 Å². The van der Waals surface area contributed by atoms with E-state index < -0.39 is 0 Å². The Morgan fingerprint density at radius 1 is 1.29 bits per heavy atom. The molecule has 0 aliphatic rings. The molecule has 4 heteroatoms. The smallest absolute Gasteiger partial charge is 0.227 e. The summed E-state index contributed by atoms with van der Waals surface area (Å²) in [6.45, 7) is 6.13. The van der Waals surface area contributed by atoms with Crippen molar-refractivity contribution in [2.75, 3.05) is 13.1 Å². The van der Waals surface area contributed by atoms with Gasteiger partial charge in [0.2, 0.25) is 5.89 Å². The van der Waals surface area contributed by atoms with Gasteiger partial charge in [0, 0.05) is 19.4 Å². The molecule has 80 valence electrons. The van der Waals surface area contributed by atoms with E-state index >= 15 is 0 Å². The van der Waals surface area contributed by atoms with E-state index in [1.807, 2.05) is 0 Å². The van der Waals surface area contributed by atoms with Crippen LogP contribution in [-0.4, -0.2) is 23.2 Å². The summed E-state index contributed by atoms with van der Waals surface area (Å²) in [5.41, 5.74) is 0. The molecule has 0 fully saturated rings. The lowest BCUT2D eigenvalue weighted by atomic mass is 10.2. The molecule has 0 aromatic carbocycles. The number of rotatable bonds is 7. The Morgan fingerprint density at radius 2 is 2.14 bits per heavy atom. The number of unbranched alkanes of at least 4 members (excludes halogenated alkanes) is 1. The van der Waals surface area contributed by atoms with Crippen LogP contribution in [0.25, 0.3) is 0 Å². The highest BCUT2D eigenvalue weighted by molar-refractivity contribution is 4.86. The number of aryl methyl sites for hydroxylation is 1. The van der Waals surface area contributed by atoms with Crippen molar-refractivity contribution in [3.63, 3.8) is 0 Å². The molecule has 1 aromatic rings. The first-order valence-corrected chi connectivity index (χ1v) is 5.39. The van der Waals surface area contributed by atoms with Crippen LogP contribution in [0.3, 0.4) is 0 Å². The van der Waals surface area contributed by atoms with Gasteiger partial charge >= 0.3 is 0 Å². The summed E-state index contributed by atoms with van der Waals surface area (Å²) < 4.78 is 5.11. The lowest BCUT2D eigenvalue weighted by Gasteiger charge is -1.95. The summed E-state index contributed by atoms with van der Waals surface area (Å²) in [5, 5.41) is 7.14. The quantitative estimate of drug-likeness (QED) is 0.674. The van der Waals surface area contributed by atoms with Crippen molar-refractivity contribution in [1.82, 2.24) is 15.5 Å². The maximum absolute atomic E-state index is 5.11. The van der Waals surface area contributed by atoms with E-state index in [4.69, 9.17) is 4.52 Å². The molecule has 0 amide bonds. The predicted octanol–water partition coefficient (Wildman–Crippen LogP) is 1.56. The van der Waals surface area contributed by atoms with Gasteiger partial charge in [-0.1, -0.05) is 25.4 Å². The zero-order chi connectivity index (χ0) is 10.2. The van der Waals surface area contributed by atoms with Crippen molar-refractivity contribution in [2.24, 2.45) is 0 Å². The Bertz CT molecular complexity index is 247. The average Bonchev–Trinajstić information content (AvgIpc) is 2.63.